The molecule has 2 aromatic carbocycles. The number of hydrogen-bond donors (Lipinski definition) is 2. The summed E-state index contributed by atoms with van der Waals surface area (Å²) in [5.74, 6) is 0.116. The van der Waals surface area contributed by atoms with E-state index in [1.807, 2.05) is 0 Å². The zero-order valence-electron chi connectivity index (χ0n) is 14.9. The van der Waals surface area contributed by atoms with Crippen molar-refractivity contribution in [3.05, 3.63) is 59.2 Å². The maximum Gasteiger partial charge on any atom is 0.252 e. The molecule has 27 heavy (non-hydrogen) atoms. The lowest BCUT2D eigenvalue weighted by molar-refractivity contribution is -0.116. The van der Waals surface area contributed by atoms with Gasteiger partial charge < -0.3 is 20.1 Å². The van der Waals surface area contributed by atoms with Crippen molar-refractivity contribution in [2.75, 3.05) is 19.5 Å². The van der Waals surface area contributed by atoms with Crippen LogP contribution in [0.4, 0.5) is 5.69 Å². The Labute approximate surface area is 156 Å². The van der Waals surface area contributed by atoms with Crippen LogP contribution in [-0.4, -0.2) is 32.3 Å². The SMILES string of the molecule is COc1cc2c(cc1OC)/C(=C/C(=O)Nc1ccccc1C=O)C(=O)NC2. The summed E-state index contributed by atoms with van der Waals surface area (Å²) in [6.45, 7) is 0.321. The van der Waals surface area contributed by atoms with Gasteiger partial charge in [-0.05, 0) is 35.4 Å². The number of ether oxygens (including phenoxy) is 2. The van der Waals surface area contributed by atoms with Gasteiger partial charge >= 0.3 is 0 Å². The summed E-state index contributed by atoms with van der Waals surface area (Å²) >= 11 is 0. The smallest absolute Gasteiger partial charge is 0.252 e. The van der Waals surface area contributed by atoms with Crippen LogP contribution >= 0.6 is 0 Å². The summed E-state index contributed by atoms with van der Waals surface area (Å²) in [4.78, 5) is 35.9. The van der Waals surface area contributed by atoms with Crippen LogP contribution in [0.3, 0.4) is 0 Å². The van der Waals surface area contributed by atoms with Gasteiger partial charge in [0, 0.05) is 18.2 Å². The number of hydrogen-bond acceptors (Lipinski definition) is 5. The Morgan fingerprint density at radius 1 is 1.15 bits per heavy atom. The number of carbonyl (C=O) groups excluding carboxylic acids is 3. The minimum Gasteiger partial charge on any atom is -0.493 e. The van der Waals surface area contributed by atoms with Crippen LogP contribution < -0.4 is 20.1 Å². The van der Waals surface area contributed by atoms with Gasteiger partial charge in [0.2, 0.25) is 5.91 Å². The molecule has 1 aliphatic heterocycles. The average molecular weight is 366 g/mol. The van der Waals surface area contributed by atoms with E-state index in [1.54, 1.807) is 36.4 Å². The number of rotatable bonds is 5. The Kier molecular flexibility index (Phi) is 5.21. The molecule has 0 unspecified atom stereocenters. The van der Waals surface area contributed by atoms with Crippen molar-refractivity contribution in [1.82, 2.24) is 5.32 Å². The molecule has 1 aliphatic rings. The van der Waals surface area contributed by atoms with Gasteiger partial charge in [-0.3, -0.25) is 14.4 Å². The number of fused-ring (bicyclic) bond motifs is 1. The monoisotopic (exact) mass is 366 g/mol. The second-order valence-corrected chi connectivity index (χ2v) is 5.80. The van der Waals surface area contributed by atoms with E-state index in [9.17, 15) is 14.4 Å². The molecule has 0 saturated heterocycles. The lowest BCUT2D eigenvalue weighted by Gasteiger charge is -2.21. The fourth-order valence-electron chi connectivity index (χ4n) is 2.87. The number of anilines is 1. The zero-order chi connectivity index (χ0) is 19.4. The number of benzene rings is 2. The van der Waals surface area contributed by atoms with E-state index in [4.69, 9.17) is 9.47 Å². The number of carbonyl (C=O) groups is 3. The van der Waals surface area contributed by atoms with Crippen molar-refractivity contribution in [3.8, 4) is 11.5 Å². The minimum atomic E-state index is -0.517. The summed E-state index contributed by atoms with van der Waals surface area (Å²) in [6.07, 6.45) is 1.86. The van der Waals surface area contributed by atoms with Gasteiger partial charge in [0.1, 0.15) is 0 Å². The van der Waals surface area contributed by atoms with Crippen molar-refractivity contribution in [3.63, 3.8) is 0 Å². The van der Waals surface area contributed by atoms with E-state index in [0.29, 0.717) is 41.1 Å². The molecule has 1 heterocycles. The molecule has 7 heteroatoms. The molecule has 138 valence electrons. The fraction of sp³-hybridized carbons (Fsp3) is 0.150. The van der Waals surface area contributed by atoms with Crippen LogP contribution in [0.5, 0.6) is 11.5 Å². The second kappa shape index (κ2) is 7.74. The molecule has 0 fully saturated rings. The summed E-state index contributed by atoms with van der Waals surface area (Å²) < 4.78 is 10.6. The molecule has 0 saturated carbocycles. The molecule has 2 amide bonds. The summed E-state index contributed by atoms with van der Waals surface area (Å²) in [5.41, 5.74) is 2.33. The topological polar surface area (TPSA) is 93.7 Å². The van der Waals surface area contributed by atoms with Gasteiger partial charge in [-0.15, -0.1) is 0 Å². The molecule has 3 rings (SSSR count). The standard InChI is InChI=1S/C20H18N2O5/c1-26-17-7-13-10-21-20(25)15(14(13)8-18(17)27-2)9-19(24)22-16-6-4-3-5-12(16)11-23/h3-9,11H,10H2,1-2H3,(H,21,25)(H,22,24)/b15-9-. The van der Waals surface area contributed by atoms with E-state index >= 15 is 0 Å². The largest absolute Gasteiger partial charge is 0.493 e. The normalized spacial score (nSPS) is 14.1. The van der Waals surface area contributed by atoms with Crippen molar-refractivity contribution < 1.29 is 23.9 Å². The zero-order valence-corrected chi connectivity index (χ0v) is 14.9. The second-order valence-electron chi connectivity index (χ2n) is 5.80. The van der Waals surface area contributed by atoms with Gasteiger partial charge in [-0.2, -0.15) is 0 Å². The minimum absolute atomic E-state index is 0.207. The molecule has 0 spiro atoms. The molecule has 0 atom stereocenters. The van der Waals surface area contributed by atoms with Crippen molar-refractivity contribution in [2.24, 2.45) is 0 Å². The lowest BCUT2D eigenvalue weighted by Crippen LogP contribution is -2.30. The van der Waals surface area contributed by atoms with Gasteiger partial charge in [-0.1, -0.05) is 12.1 Å². The van der Waals surface area contributed by atoms with E-state index in [2.05, 4.69) is 10.6 Å². The predicted octanol–water partition coefficient (Wildman–Crippen LogP) is 2.17. The van der Waals surface area contributed by atoms with Crippen LogP contribution in [0.15, 0.2) is 42.5 Å². The van der Waals surface area contributed by atoms with E-state index < -0.39 is 5.91 Å². The van der Waals surface area contributed by atoms with Gasteiger partial charge in [0.15, 0.2) is 17.8 Å². The quantitative estimate of drug-likeness (QED) is 0.625. The van der Waals surface area contributed by atoms with E-state index in [-0.39, 0.29) is 11.5 Å². The Balaban J connectivity index is 1.97. The molecule has 0 aromatic heterocycles. The van der Waals surface area contributed by atoms with Crippen molar-refractivity contribution in [2.45, 2.75) is 6.54 Å². The average Bonchev–Trinajstić information content (AvgIpc) is 2.69. The Morgan fingerprint density at radius 2 is 1.85 bits per heavy atom. The van der Waals surface area contributed by atoms with Gasteiger partial charge in [-0.25, -0.2) is 0 Å². The maximum absolute atomic E-state index is 12.4. The molecular weight excluding hydrogens is 348 g/mol. The Hall–Kier alpha value is -3.61. The van der Waals surface area contributed by atoms with Crippen molar-refractivity contribution in [1.29, 1.82) is 0 Å². The highest BCUT2D eigenvalue weighted by molar-refractivity contribution is 6.26. The third-order valence-corrected chi connectivity index (χ3v) is 4.20. The first kappa shape index (κ1) is 18.2. The van der Waals surface area contributed by atoms with Crippen LogP contribution in [0.2, 0.25) is 0 Å². The van der Waals surface area contributed by atoms with Crippen LogP contribution in [0, 0.1) is 0 Å². The first-order valence-electron chi connectivity index (χ1n) is 8.17. The van der Waals surface area contributed by atoms with Crippen LogP contribution in [0.25, 0.3) is 5.57 Å². The summed E-state index contributed by atoms with van der Waals surface area (Å²) in [7, 11) is 3.03. The third-order valence-electron chi connectivity index (χ3n) is 4.20. The van der Waals surface area contributed by atoms with E-state index in [0.717, 1.165) is 5.56 Å². The van der Waals surface area contributed by atoms with Crippen molar-refractivity contribution >= 4 is 29.4 Å². The number of nitrogens with one attached hydrogen (secondary N) is 2. The predicted molar refractivity (Wildman–Crippen MR) is 99.8 cm³/mol. The number of para-hydroxylation sites is 1. The number of methoxy groups -OCH3 is 2. The maximum atomic E-state index is 12.4. The molecule has 0 radical (unpaired) electrons. The highest BCUT2D eigenvalue weighted by Crippen LogP contribution is 2.35. The molecule has 0 bridgehead atoms. The number of aldehydes is 1. The third kappa shape index (κ3) is 3.67. The molecule has 0 aliphatic carbocycles. The van der Waals surface area contributed by atoms with Crippen LogP contribution in [-0.2, 0) is 16.1 Å². The molecule has 7 nitrogen and oxygen atoms in total. The summed E-state index contributed by atoms with van der Waals surface area (Å²) in [5, 5.41) is 5.36. The molecular formula is C20H18N2O5. The first-order chi connectivity index (χ1) is 13.1. The fourth-order valence-corrected chi connectivity index (χ4v) is 2.87. The Bertz CT molecular complexity index is 949. The van der Waals surface area contributed by atoms with Crippen LogP contribution in [0.1, 0.15) is 21.5 Å². The van der Waals surface area contributed by atoms with E-state index in [1.165, 1.54) is 20.3 Å². The highest BCUT2D eigenvalue weighted by atomic mass is 16.5. The highest BCUT2D eigenvalue weighted by Gasteiger charge is 2.24. The Morgan fingerprint density at radius 3 is 2.56 bits per heavy atom. The summed E-state index contributed by atoms with van der Waals surface area (Å²) in [6, 6.07) is 10.0. The first-order valence-corrected chi connectivity index (χ1v) is 8.17. The molecule has 2 aromatic rings. The van der Waals surface area contributed by atoms with Gasteiger partial charge in [0.25, 0.3) is 5.91 Å². The number of amides is 2. The van der Waals surface area contributed by atoms with Gasteiger partial charge in [0.05, 0.1) is 25.5 Å². The molecule has 2 N–H and O–H groups in total. The lowest BCUT2D eigenvalue weighted by atomic mass is 9.94.